The Balaban J connectivity index is -0.000000213. The molecular weight excluding hydrogens is 347 g/mol. The molecule has 0 saturated heterocycles. The summed E-state index contributed by atoms with van der Waals surface area (Å²) in [7, 11) is 0. The zero-order valence-corrected chi connectivity index (χ0v) is 9.31. The van der Waals surface area contributed by atoms with Gasteiger partial charge in [0.2, 0.25) is 0 Å². The molecule has 0 amide bonds. The molecule has 1 rings (SSSR count). The van der Waals surface area contributed by atoms with Crippen molar-refractivity contribution >= 4 is 0 Å². The topological polar surface area (TPSA) is 82.0 Å². The first kappa shape index (κ1) is 17.8. The molecule has 0 bridgehead atoms. The van der Waals surface area contributed by atoms with Crippen LogP contribution in [0.25, 0.3) is 0 Å². The summed E-state index contributed by atoms with van der Waals surface area (Å²) in [5.41, 5.74) is 11.3. The molecule has 0 spiro atoms. The van der Waals surface area contributed by atoms with E-state index in [2.05, 4.69) is 0 Å². The van der Waals surface area contributed by atoms with E-state index >= 15 is 0 Å². The first-order chi connectivity index (χ1) is 3.80. The van der Waals surface area contributed by atoms with Crippen molar-refractivity contribution in [1.29, 1.82) is 0 Å². The van der Waals surface area contributed by atoms with Gasteiger partial charge in [0.25, 0.3) is 0 Å². The summed E-state index contributed by atoms with van der Waals surface area (Å²) in [5.74, 6) is 0. The first-order valence-corrected chi connectivity index (χ1v) is 3.32. The molecule has 0 aromatic carbocycles. The molecule has 0 aromatic rings. The Morgan fingerprint density at radius 2 is 1.18 bits per heavy atom. The number of hydrogen-bond donors (Lipinski definition) is 2. The van der Waals surface area contributed by atoms with Crippen LogP contribution in [0.2, 0.25) is 0 Å². The average Bonchev–Trinajstić information content (AvgIpc) is 1.77. The van der Waals surface area contributed by atoms with Crippen molar-refractivity contribution in [2.24, 2.45) is 11.5 Å². The fraction of sp³-hybridized carbons (Fsp3) is 1.00. The van der Waals surface area contributed by atoms with Gasteiger partial charge in [-0.2, -0.15) is 0 Å². The Morgan fingerprint density at radius 1 is 0.909 bits per heavy atom. The molecule has 1 fully saturated rings. The summed E-state index contributed by atoms with van der Waals surface area (Å²) in [6.45, 7) is 0. The SMILES string of the molecule is NC1CCCCC1N.[Cl-].[OH-].[Pt+2]. The minimum absolute atomic E-state index is 0. The van der Waals surface area contributed by atoms with Crippen LogP contribution in [0.5, 0.6) is 0 Å². The molecule has 2 atom stereocenters. The van der Waals surface area contributed by atoms with Crippen LogP contribution in [0.1, 0.15) is 25.7 Å². The quantitative estimate of drug-likeness (QED) is 0.484. The van der Waals surface area contributed by atoms with Gasteiger partial charge in [-0.15, -0.1) is 0 Å². The maximum Gasteiger partial charge on any atom is 2.00 e. The van der Waals surface area contributed by atoms with E-state index in [-0.39, 0.29) is 51.0 Å². The van der Waals surface area contributed by atoms with Gasteiger partial charge in [0.1, 0.15) is 0 Å². The standard InChI is InChI=1S/C6H14N2.ClH.H2O.Pt/c7-5-3-1-2-4-6(5)8;;;/h5-6H,1-4,7-8H2;1H;1H2;/q;;;+2/p-2. The molecule has 0 aromatic heterocycles. The molecule has 2 unspecified atom stereocenters. The summed E-state index contributed by atoms with van der Waals surface area (Å²) in [6, 6.07) is 0.562. The maximum absolute atomic E-state index is 5.65. The normalized spacial score (nSPS) is 28.9. The molecule has 0 heterocycles. The summed E-state index contributed by atoms with van der Waals surface area (Å²) in [5, 5.41) is 0. The van der Waals surface area contributed by atoms with E-state index in [1.54, 1.807) is 0 Å². The van der Waals surface area contributed by atoms with Crippen LogP contribution < -0.4 is 23.9 Å². The molecular formula is C6H15ClN2OPt. The van der Waals surface area contributed by atoms with E-state index in [1.165, 1.54) is 12.8 Å². The van der Waals surface area contributed by atoms with Gasteiger partial charge in [-0.3, -0.25) is 0 Å². The van der Waals surface area contributed by atoms with E-state index in [4.69, 9.17) is 11.5 Å². The number of nitrogens with two attached hydrogens (primary N) is 2. The maximum atomic E-state index is 5.65. The van der Waals surface area contributed by atoms with E-state index in [0.717, 1.165) is 12.8 Å². The number of hydrogen-bond acceptors (Lipinski definition) is 3. The summed E-state index contributed by atoms with van der Waals surface area (Å²) < 4.78 is 0. The van der Waals surface area contributed by atoms with E-state index in [1.807, 2.05) is 0 Å². The van der Waals surface area contributed by atoms with Crippen molar-refractivity contribution in [1.82, 2.24) is 0 Å². The summed E-state index contributed by atoms with van der Waals surface area (Å²) in [4.78, 5) is 0. The number of rotatable bonds is 0. The summed E-state index contributed by atoms with van der Waals surface area (Å²) in [6.07, 6.45) is 4.80. The van der Waals surface area contributed by atoms with E-state index < -0.39 is 0 Å². The van der Waals surface area contributed by atoms with Crippen molar-refractivity contribution in [3.63, 3.8) is 0 Å². The molecule has 0 aliphatic heterocycles. The first-order valence-electron chi connectivity index (χ1n) is 3.32. The third kappa shape index (κ3) is 6.06. The van der Waals surface area contributed by atoms with Crippen LogP contribution in [0.4, 0.5) is 0 Å². The van der Waals surface area contributed by atoms with Crippen LogP contribution in [-0.4, -0.2) is 17.6 Å². The molecule has 5 heteroatoms. The minimum Gasteiger partial charge on any atom is -1.00 e. The second-order valence-corrected chi connectivity index (χ2v) is 2.61. The Kier molecular flexibility index (Phi) is 14.5. The predicted molar refractivity (Wildman–Crippen MR) is 36.4 cm³/mol. The fourth-order valence-corrected chi connectivity index (χ4v) is 1.19. The van der Waals surface area contributed by atoms with Crippen molar-refractivity contribution in [3.8, 4) is 0 Å². The fourth-order valence-electron chi connectivity index (χ4n) is 1.19. The van der Waals surface area contributed by atoms with Gasteiger partial charge in [0, 0.05) is 12.1 Å². The Hall–Kier alpha value is 0.858. The Labute approximate surface area is 88.3 Å². The second kappa shape index (κ2) is 8.95. The van der Waals surface area contributed by atoms with Crippen LogP contribution in [0.3, 0.4) is 0 Å². The third-order valence-corrected chi connectivity index (χ3v) is 1.87. The average molecular weight is 362 g/mol. The molecule has 0 radical (unpaired) electrons. The predicted octanol–water partition coefficient (Wildman–Crippen LogP) is -2.96. The molecule has 1 aliphatic rings. The summed E-state index contributed by atoms with van der Waals surface area (Å²) >= 11 is 0. The van der Waals surface area contributed by atoms with Crippen LogP contribution in [0.15, 0.2) is 0 Å². The van der Waals surface area contributed by atoms with Crippen molar-refractivity contribution < 1.29 is 38.9 Å². The molecule has 3 nitrogen and oxygen atoms in total. The zero-order chi connectivity index (χ0) is 5.98. The van der Waals surface area contributed by atoms with E-state index in [9.17, 15) is 0 Å². The largest absolute Gasteiger partial charge is 2.00 e. The molecule has 72 valence electrons. The Bertz CT molecular complexity index is 77.0. The second-order valence-electron chi connectivity index (χ2n) is 2.61. The number of halogens is 1. The monoisotopic (exact) mass is 361 g/mol. The van der Waals surface area contributed by atoms with Crippen molar-refractivity contribution in [2.45, 2.75) is 37.8 Å². The van der Waals surface area contributed by atoms with Gasteiger partial charge in [0.15, 0.2) is 0 Å². The van der Waals surface area contributed by atoms with Crippen LogP contribution in [-0.2, 0) is 21.1 Å². The third-order valence-electron chi connectivity index (χ3n) is 1.87. The smallest absolute Gasteiger partial charge is 1.00 e. The van der Waals surface area contributed by atoms with Gasteiger partial charge in [-0.25, -0.2) is 0 Å². The van der Waals surface area contributed by atoms with Gasteiger partial charge in [0.05, 0.1) is 0 Å². The van der Waals surface area contributed by atoms with Gasteiger partial charge in [-0.1, -0.05) is 12.8 Å². The Morgan fingerprint density at radius 3 is 1.36 bits per heavy atom. The minimum atomic E-state index is 0. The zero-order valence-electron chi connectivity index (χ0n) is 6.28. The molecule has 1 saturated carbocycles. The van der Waals surface area contributed by atoms with Gasteiger partial charge < -0.3 is 29.4 Å². The van der Waals surface area contributed by atoms with Gasteiger partial charge in [-0.05, 0) is 12.8 Å². The molecule has 1 aliphatic carbocycles. The molecule has 11 heavy (non-hydrogen) atoms. The van der Waals surface area contributed by atoms with Crippen molar-refractivity contribution in [3.05, 3.63) is 0 Å². The van der Waals surface area contributed by atoms with E-state index in [0.29, 0.717) is 0 Å². The van der Waals surface area contributed by atoms with Crippen molar-refractivity contribution in [2.75, 3.05) is 0 Å². The van der Waals surface area contributed by atoms with Crippen LogP contribution in [0, 0.1) is 0 Å². The van der Waals surface area contributed by atoms with Crippen LogP contribution >= 0.6 is 0 Å². The molecule has 5 N–H and O–H groups in total. The van der Waals surface area contributed by atoms with Gasteiger partial charge >= 0.3 is 21.1 Å².